The van der Waals surface area contributed by atoms with E-state index >= 15 is 0 Å². The molecule has 0 amide bonds. The molecular formula is C12H22N4O2S. The molecule has 0 aliphatic carbocycles. The number of sulfone groups is 1. The fraction of sp³-hybridized carbons (Fsp3) is 0.833. The normalized spacial score (nSPS) is 19.4. The lowest BCUT2D eigenvalue weighted by molar-refractivity contribution is 0.492. The van der Waals surface area contributed by atoms with Crippen molar-refractivity contribution in [1.29, 1.82) is 0 Å². The Morgan fingerprint density at radius 3 is 2.11 bits per heavy atom. The van der Waals surface area contributed by atoms with Crippen molar-refractivity contribution in [2.45, 2.75) is 39.7 Å². The van der Waals surface area contributed by atoms with Crippen molar-refractivity contribution in [2.24, 2.45) is 0 Å². The van der Waals surface area contributed by atoms with Crippen LogP contribution in [0.25, 0.3) is 0 Å². The van der Waals surface area contributed by atoms with Gasteiger partial charge in [-0.25, -0.2) is 13.1 Å². The number of nitrogens with zero attached hydrogens (tertiary/aromatic N) is 4. The fourth-order valence-corrected chi connectivity index (χ4v) is 3.34. The summed E-state index contributed by atoms with van der Waals surface area (Å²) in [5.74, 6) is 2.31. The standard InChI is InChI=1S/C12H22N4O2S/c1-9(2)11-13-12(14-16(11)10(3)4)15-5-7-19(17,18)8-6-15/h9-10H,5-8H2,1-4H3. The molecule has 0 aromatic carbocycles. The van der Waals surface area contributed by atoms with Crippen LogP contribution in [0.2, 0.25) is 0 Å². The van der Waals surface area contributed by atoms with E-state index in [2.05, 4.69) is 37.8 Å². The van der Waals surface area contributed by atoms with Crippen LogP contribution in [0.5, 0.6) is 0 Å². The van der Waals surface area contributed by atoms with E-state index in [9.17, 15) is 8.42 Å². The van der Waals surface area contributed by atoms with E-state index in [1.54, 1.807) is 0 Å². The van der Waals surface area contributed by atoms with Gasteiger partial charge in [-0.3, -0.25) is 0 Å². The predicted octanol–water partition coefficient (Wildman–Crippen LogP) is 1.22. The maximum Gasteiger partial charge on any atom is 0.245 e. The summed E-state index contributed by atoms with van der Waals surface area (Å²) < 4.78 is 24.8. The average Bonchev–Trinajstić information content (AvgIpc) is 2.74. The Balaban J connectivity index is 2.24. The smallest absolute Gasteiger partial charge is 0.245 e. The predicted molar refractivity (Wildman–Crippen MR) is 75.4 cm³/mol. The molecule has 108 valence electrons. The Morgan fingerprint density at radius 1 is 1.11 bits per heavy atom. The van der Waals surface area contributed by atoms with E-state index in [1.165, 1.54) is 0 Å². The van der Waals surface area contributed by atoms with Gasteiger partial charge in [-0.05, 0) is 13.8 Å². The summed E-state index contributed by atoms with van der Waals surface area (Å²) in [7, 11) is -2.86. The first-order valence-corrected chi connectivity index (χ1v) is 8.54. The SMILES string of the molecule is CC(C)c1nc(N2CCS(=O)(=O)CC2)nn1C(C)C. The maximum absolute atomic E-state index is 11.4. The maximum atomic E-state index is 11.4. The molecule has 1 aromatic rings. The molecule has 0 atom stereocenters. The number of hydrogen-bond acceptors (Lipinski definition) is 5. The van der Waals surface area contributed by atoms with E-state index in [0.29, 0.717) is 25.0 Å². The third kappa shape index (κ3) is 3.08. The Bertz CT molecular complexity index is 509. The van der Waals surface area contributed by atoms with Crippen molar-refractivity contribution in [3.05, 3.63) is 5.82 Å². The summed E-state index contributed by atoms with van der Waals surface area (Å²) in [5, 5.41) is 4.54. The Kier molecular flexibility index (Phi) is 3.85. The lowest BCUT2D eigenvalue weighted by Gasteiger charge is -2.25. The van der Waals surface area contributed by atoms with Gasteiger partial charge in [0.2, 0.25) is 5.95 Å². The quantitative estimate of drug-likeness (QED) is 0.835. The number of anilines is 1. The highest BCUT2D eigenvalue weighted by Gasteiger charge is 2.25. The minimum absolute atomic E-state index is 0.195. The first kappa shape index (κ1) is 14.3. The largest absolute Gasteiger partial charge is 0.338 e. The van der Waals surface area contributed by atoms with Crippen LogP contribution in [0.4, 0.5) is 5.95 Å². The molecule has 0 radical (unpaired) electrons. The summed E-state index contributed by atoms with van der Waals surface area (Å²) in [5.41, 5.74) is 0. The van der Waals surface area contributed by atoms with Gasteiger partial charge < -0.3 is 4.90 Å². The molecule has 1 aromatic heterocycles. The van der Waals surface area contributed by atoms with Crippen molar-refractivity contribution >= 4 is 15.8 Å². The lowest BCUT2D eigenvalue weighted by Crippen LogP contribution is -2.40. The minimum Gasteiger partial charge on any atom is -0.338 e. The highest BCUT2D eigenvalue weighted by Crippen LogP contribution is 2.21. The molecule has 7 heteroatoms. The van der Waals surface area contributed by atoms with E-state index in [1.807, 2.05) is 9.58 Å². The molecule has 2 heterocycles. The second-order valence-corrected chi connectivity index (χ2v) is 7.91. The molecule has 1 saturated heterocycles. The number of hydrogen-bond donors (Lipinski definition) is 0. The van der Waals surface area contributed by atoms with Crippen LogP contribution in [0.3, 0.4) is 0 Å². The Hall–Kier alpha value is -1.11. The van der Waals surface area contributed by atoms with Crippen molar-refractivity contribution < 1.29 is 8.42 Å². The van der Waals surface area contributed by atoms with Crippen LogP contribution >= 0.6 is 0 Å². The molecule has 6 nitrogen and oxygen atoms in total. The van der Waals surface area contributed by atoms with Crippen LogP contribution in [-0.4, -0.2) is 47.8 Å². The number of aromatic nitrogens is 3. The molecule has 0 unspecified atom stereocenters. The topological polar surface area (TPSA) is 68.1 Å². The van der Waals surface area contributed by atoms with Crippen molar-refractivity contribution in [1.82, 2.24) is 14.8 Å². The van der Waals surface area contributed by atoms with E-state index < -0.39 is 9.84 Å². The zero-order chi connectivity index (χ0) is 14.2. The van der Waals surface area contributed by atoms with Crippen LogP contribution in [-0.2, 0) is 9.84 Å². The molecule has 1 aliphatic heterocycles. The van der Waals surface area contributed by atoms with Gasteiger partial charge in [0.05, 0.1) is 11.5 Å². The molecule has 19 heavy (non-hydrogen) atoms. The van der Waals surface area contributed by atoms with Gasteiger partial charge in [-0.15, -0.1) is 5.10 Å². The van der Waals surface area contributed by atoms with Crippen molar-refractivity contribution in [3.63, 3.8) is 0 Å². The van der Waals surface area contributed by atoms with Gasteiger partial charge in [0.25, 0.3) is 0 Å². The zero-order valence-corrected chi connectivity index (χ0v) is 12.8. The van der Waals surface area contributed by atoms with Gasteiger partial charge in [0.1, 0.15) is 5.82 Å². The first-order chi connectivity index (χ1) is 8.80. The average molecular weight is 286 g/mol. The highest BCUT2D eigenvalue weighted by molar-refractivity contribution is 7.91. The minimum atomic E-state index is -2.86. The lowest BCUT2D eigenvalue weighted by atomic mass is 10.2. The Morgan fingerprint density at radius 2 is 1.68 bits per heavy atom. The molecule has 0 bridgehead atoms. The molecule has 1 fully saturated rings. The summed E-state index contributed by atoms with van der Waals surface area (Å²) >= 11 is 0. The summed E-state index contributed by atoms with van der Waals surface area (Å²) in [6.45, 7) is 9.31. The summed E-state index contributed by atoms with van der Waals surface area (Å²) in [4.78, 5) is 6.55. The van der Waals surface area contributed by atoms with Crippen LogP contribution in [0, 0.1) is 0 Å². The first-order valence-electron chi connectivity index (χ1n) is 6.72. The molecule has 0 saturated carbocycles. The molecule has 0 N–H and O–H groups in total. The monoisotopic (exact) mass is 286 g/mol. The van der Waals surface area contributed by atoms with Gasteiger partial charge >= 0.3 is 0 Å². The second-order valence-electron chi connectivity index (χ2n) is 5.60. The van der Waals surface area contributed by atoms with Crippen LogP contribution < -0.4 is 4.90 Å². The summed E-state index contributed by atoms with van der Waals surface area (Å²) in [6, 6.07) is 0.257. The third-order valence-electron chi connectivity index (χ3n) is 3.28. The molecule has 1 aliphatic rings. The Labute approximate surface area is 114 Å². The van der Waals surface area contributed by atoms with Crippen LogP contribution in [0.1, 0.15) is 45.5 Å². The van der Waals surface area contributed by atoms with E-state index in [4.69, 9.17) is 0 Å². The summed E-state index contributed by atoms with van der Waals surface area (Å²) in [6.07, 6.45) is 0. The van der Waals surface area contributed by atoms with Crippen molar-refractivity contribution in [3.8, 4) is 0 Å². The third-order valence-corrected chi connectivity index (χ3v) is 4.89. The zero-order valence-electron chi connectivity index (χ0n) is 12.0. The molecular weight excluding hydrogens is 264 g/mol. The van der Waals surface area contributed by atoms with Crippen LogP contribution in [0.15, 0.2) is 0 Å². The highest BCUT2D eigenvalue weighted by atomic mass is 32.2. The van der Waals surface area contributed by atoms with Crippen molar-refractivity contribution in [2.75, 3.05) is 29.5 Å². The second kappa shape index (κ2) is 5.11. The number of rotatable bonds is 3. The van der Waals surface area contributed by atoms with E-state index in [0.717, 1.165) is 5.82 Å². The van der Waals surface area contributed by atoms with Gasteiger partial charge in [0, 0.05) is 25.0 Å². The molecule has 0 spiro atoms. The van der Waals surface area contributed by atoms with Gasteiger partial charge in [0.15, 0.2) is 9.84 Å². The fourth-order valence-electron chi connectivity index (χ4n) is 2.14. The molecule has 2 rings (SSSR count). The van der Waals surface area contributed by atoms with Gasteiger partial charge in [-0.1, -0.05) is 13.8 Å². The van der Waals surface area contributed by atoms with Gasteiger partial charge in [-0.2, -0.15) is 4.98 Å². The van der Waals surface area contributed by atoms with E-state index in [-0.39, 0.29) is 17.5 Å².